The van der Waals surface area contributed by atoms with Gasteiger partial charge >= 0.3 is 0 Å². The quantitative estimate of drug-likeness (QED) is 0.219. The van der Waals surface area contributed by atoms with Crippen LogP contribution in [0.5, 0.6) is 23.0 Å². The van der Waals surface area contributed by atoms with Gasteiger partial charge in [0, 0.05) is 12.1 Å². The molecule has 0 N–H and O–H groups in total. The maximum absolute atomic E-state index is 15.5. The van der Waals surface area contributed by atoms with E-state index in [2.05, 4.69) is 80.9 Å². The smallest absolute Gasteiger partial charge is 0.250 e. The van der Waals surface area contributed by atoms with Crippen molar-refractivity contribution in [3.05, 3.63) is 72.3 Å². The van der Waals surface area contributed by atoms with Crippen molar-refractivity contribution in [1.29, 1.82) is 0 Å². The van der Waals surface area contributed by atoms with E-state index in [1.807, 2.05) is 0 Å². The van der Waals surface area contributed by atoms with E-state index in [9.17, 15) is 0 Å². The van der Waals surface area contributed by atoms with E-state index in [0.29, 0.717) is 22.6 Å². The Labute approximate surface area is 224 Å². The number of ether oxygens (including phenoxy) is 1. The third-order valence-corrected chi connectivity index (χ3v) is 16.2. The van der Waals surface area contributed by atoms with Gasteiger partial charge in [-0.05, 0) is 72.4 Å². The summed E-state index contributed by atoms with van der Waals surface area (Å²) < 4.78 is 49.9. The molecular formula is C30H44F2O3Si2. The highest BCUT2D eigenvalue weighted by molar-refractivity contribution is 6.75. The van der Waals surface area contributed by atoms with Crippen LogP contribution in [-0.2, 0) is 12.8 Å². The molecule has 0 amide bonds. The first-order chi connectivity index (χ1) is 16.8. The molecule has 0 aliphatic carbocycles. The molecule has 37 heavy (non-hydrogen) atoms. The molecule has 0 saturated heterocycles. The van der Waals surface area contributed by atoms with Gasteiger partial charge in [0.15, 0.2) is 23.1 Å². The van der Waals surface area contributed by atoms with Crippen LogP contribution in [0.25, 0.3) is 0 Å². The molecule has 3 nitrogen and oxygen atoms in total. The summed E-state index contributed by atoms with van der Waals surface area (Å²) in [6.45, 7) is 28.8. The van der Waals surface area contributed by atoms with Crippen LogP contribution in [0.15, 0.2) is 49.6 Å². The Balaban J connectivity index is 2.62. The van der Waals surface area contributed by atoms with Crippen LogP contribution < -0.4 is 13.6 Å². The van der Waals surface area contributed by atoms with Crippen LogP contribution in [0, 0.1) is 11.6 Å². The molecule has 0 saturated carbocycles. The van der Waals surface area contributed by atoms with Crippen LogP contribution in [0.2, 0.25) is 36.3 Å². The highest BCUT2D eigenvalue weighted by atomic mass is 28.4. The maximum atomic E-state index is 15.5. The molecule has 2 rings (SSSR count). The highest BCUT2D eigenvalue weighted by Gasteiger charge is 2.40. The predicted molar refractivity (Wildman–Crippen MR) is 156 cm³/mol. The van der Waals surface area contributed by atoms with Crippen molar-refractivity contribution < 1.29 is 22.4 Å². The number of hydrogen-bond donors (Lipinski definition) is 0. The van der Waals surface area contributed by atoms with Gasteiger partial charge in [0.1, 0.15) is 11.5 Å². The molecule has 0 aromatic heterocycles. The molecule has 0 heterocycles. The fourth-order valence-electron chi connectivity index (χ4n) is 3.14. The second-order valence-corrected chi connectivity index (χ2v) is 22.1. The highest BCUT2D eigenvalue weighted by Crippen LogP contribution is 2.42. The molecule has 0 aliphatic rings. The largest absolute Gasteiger partial charge is 0.543 e. The summed E-state index contributed by atoms with van der Waals surface area (Å²) in [5.41, 5.74) is 0.753. The molecule has 204 valence electrons. The minimum absolute atomic E-state index is 0.0535. The van der Waals surface area contributed by atoms with Gasteiger partial charge in [-0.25, -0.2) is 8.78 Å². The third kappa shape index (κ3) is 7.35. The first kappa shape index (κ1) is 30.8. The molecule has 2 aromatic carbocycles. The van der Waals surface area contributed by atoms with E-state index in [-0.39, 0.29) is 34.4 Å². The summed E-state index contributed by atoms with van der Waals surface area (Å²) >= 11 is 0. The van der Waals surface area contributed by atoms with Crippen molar-refractivity contribution in [2.75, 3.05) is 0 Å². The van der Waals surface area contributed by atoms with E-state index < -0.39 is 28.3 Å². The summed E-state index contributed by atoms with van der Waals surface area (Å²) in [7, 11) is -4.43. The molecule has 7 heteroatoms. The molecule has 2 aromatic rings. The zero-order valence-electron chi connectivity index (χ0n) is 24.3. The topological polar surface area (TPSA) is 27.7 Å². The van der Waals surface area contributed by atoms with Gasteiger partial charge in [0.05, 0.1) is 0 Å². The molecule has 0 radical (unpaired) electrons. The summed E-state index contributed by atoms with van der Waals surface area (Å²) in [4.78, 5) is 0. The van der Waals surface area contributed by atoms with Gasteiger partial charge in [-0.2, -0.15) is 0 Å². The number of halogens is 2. The van der Waals surface area contributed by atoms with Crippen LogP contribution in [0.1, 0.15) is 52.7 Å². The minimum atomic E-state index is -2.21. The normalized spacial score (nSPS) is 12.8. The Bertz CT molecular complexity index is 1050. The van der Waals surface area contributed by atoms with E-state index in [4.69, 9.17) is 13.6 Å². The van der Waals surface area contributed by atoms with Gasteiger partial charge in [0.25, 0.3) is 0 Å². The number of allylic oxidation sites excluding steroid dienone is 2. The molecular weight excluding hydrogens is 502 g/mol. The van der Waals surface area contributed by atoms with E-state index in [1.54, 1.807) is 24.3 Å². The summed E-state index contributed by atoms with van der Waals surface area (Å²) in [6.07, 6.45) is 3.81. The number of rotatable bonds is 10. The second-order valence-electron chi connectivity index (χ2n) is 12.6. The lowest BCUT2D eigenvalue weighted by Crippen LogP contribution is -2.43. The lowest BCUT2D eigenvalue weighted by molar-refractivity contribution is 0.401. The van der Waals surface area contributed by atoms with E-state index in [1.165, 1.54) is 12.1 Å². The Morgan fingerprint density at radius 3 is 1.27 bits per heavy atom. The predicted octanol–water partition coefficient (Wildman–Crippen LogP) is 9.98. The van der Waals surface area contributed by atoms with E-state index >= 15 is 8.78 Å². The second kappa shape index (κ2) is 11.2. The van der Waals surface area contributed by atoms with Crippen molar-refractivity contribution in [2.24, 2.45) is 0 Å². The molecule has 0 spiro atoms. The maximum Gasteiger partial charge on any atom is 0.250 e. The number of benzene rings is 2. The summed E-state index contributed by atoms with van der Waals surface area (Å²) in [5.74, 6) is -0.326. The van der Waals surface area contributed by atoms with Gasteiger partial charge < -0.3 is 13.6 Å². The van der Waals surface area contributed by atoms with Crippen molar-refractivity contribution in [1.82, 2.24) is 0 Å². The van der Waals surface area contributed by atoms with Crippen molar-refractivity contribution in [2.45, 2.75) is 90.6 Å². The molecule has 0 unspecified atom stereocenters. The lowest BCUT2D eigenvalue weighted by atomic mass is 10.1. The fourth-order valence-corrected chi connectivity index (χ4v) is 5.17. The average molecular weight is 547 g/mol. The van der Waals surface area contributed by atoms with Crippen LogP contribution in [-0.4, -0.2) is 16.6 Å². The van der Waals surface area contributed by atoms with Crippen molar-refractivity contribution >= 4 is 16.6 Å². The third-order valence-electron chi connectivity index (χ3n) is 7.48. The van der Waals surface area contributed by atoms with Crippen molar-refractivity contribution in [3.8, 4) is 23.0 Å². The lowest BCUT2D eigenvalue weighted by Gasteiger charge is -2.36. The monoisotopic (exact) mass is 546 g/mol. The first-order valence-electron chi connectivity index (χ1n) is 12.8. The Morgan fingerprint density at radius 1 is 0.676 bits per heavy atom. The fraction of sp³-hybridized carbons (Fsp3) is 0.467. The first-order valence-corrected chi connectivity index (χ1v) is 18.6. The summed E-state index contributed by atoms with van der Waals surface area (Å²) in [5, 5.41) is -0.107. The van der Waals surface area contributed by atoms with Crippen LogP contribution in [0.4, 0.5) is 8.78 Å². The van der Waals surface area contributed by atoms with Crippen molar-refractivity contribution in [3.63, 3.8) is 0 Å². The summed E-state index contributed by atoms with van der Waals surface area (Å²) in [6, 6.07) is 6.38. The molecule has 0 atom stereocenters. The van der Waals surface area contributed by atoms with Crippen LogP contribution >= 0.6 is 0 Å². The Morgan fingerprint density at radius 2 is 1.00 bits per heavy atom. The van der Waals surface area contributed by atoms with Gasteiger partial charge in [-0.15, -0.1) is 13.2 Å². The Kier molecular flexibility index (Phi) is 9.30. The van der Waals surface area contributed by atoms with Gasteiger partial charge in [-0.1, -0.05) is 53.7 Å². The standard InChI is InChI=1S/C30H44F2O3Si2/c1-13-15-21-17-23(34-36(9,10)29(3,4)5)19-25(27(21)31)33-26-20-24(18-22(16-14-2)28(26)32)35-37(11,12)30(6,7)8/h13-14,17-20H,1-2,15-16H2,3-12H3. The Hall–Kier alpha value is -2.39. The molecule has 0 bridgehead atoms. The van der Waals surface area contributed by atoms with Gasteiger partial charge in [-0.3, -0.25) is 0 Å². The molecule has 0 aliphatic heterocycles. The number of hydrogen-bond acceptors (Lipinski definition) is 3. The zero-order valence-corrected chi connectivity index (χ0v) is 26.3. The molecule has 0 fully saturated rings. The SMILES string of the molecule is C=CCc1cc(O[Si](C)(C)C(C)(C)C)cc(Oc2cc(O[Si](C)(C)C(C)(C)C)cc(CC=C)c2F)c1F. The zero-order chi connectivity index (χ0) is 28.4. The average Bonchev–Trinajstić information content (AvgIpc) is 2.72. The van der Waals surface area contributed by atoms with Crippen LogP contribution in [0.3, 0.4) is 0 Å². The minimum Gasteiger partial charge on any atom is -0.543 e. The van der Waals surface area contributed by atoms with Gasteiger partial charge in [0.2, 0.25) is 16.6 Å². The van der Waals surface area contributed by atoms with E-state index in [0.717, 1.165) is 0 Å².